The van der Waals surface area contributed by atoms with Crippen molar-refractivity contribution in [3.63, 3.8) is 0 Å². The molecule has 0 radical (unpaired) electrons. The Labute approximate surface area is 152 Å². The highest BCUT2D eigenvalue weighted by Gasteiger charge is 2.01. The van der Waals surface area contributed by atoms with Gasteiger partial charge in [-0.1, -0.05) is 29.8 Å². The third-order valence-electron chi connectivity index (χ3n) is 3.64. The monoisotopic (exact) mass is 354 g/mol. The smallest absolute Gasteiger partial charge is 0.135 e. The highest BCUT2D eigenvalue weighted by Crippen LogP contribution is 2.20. The number of hydrogen-bond acceptors (Lipinski definition) is 5. The zero-order valence-electron chi connectivity index (χ0n) is 13.9. The summed E-state index contributed by atoms with van der Waals surface area (Å²) in [6, 6.07) is 17.4. The van der Waals surface area contributed by atoms with Crippen molar-refractivity contribution in [2.75, 3.05) is 24.3 Å². The molecule has 2 aromatic carbocycles. The Morgan fingerprint density at radius 3 is 2.56 bits per heavy atom. The van der Waals surface area contributed by atoms with Gasteiger partial charge in [0, 0.05) is 23.3 Å². The van der Waals surface area contributed by atoms with Crippen LogP contribution in [0.4, 0.5) is 17.3 Å². The molecule has 0 saturated heterocycles. The zero-order valence-corrected chi connectivity index (χ0v) is 14.6. The maximum atomic E-state index is 6.00. The first-order valence-electron chi connectivity index (χ1n) is 7.94. The van der Waals surface area contributed by atoms with Gasteiger partial charge < -0.3 is 15.4 Å². The van der Waals surface area contributed by atoms with Gasteiger partial charge in [-0.15, -0.1) is 0 Å². The largest absolute Gasteiger partial charge is 0.497 e. The summed E-state index contributed by atoms with van der Waals surface area (Å²) in [5.74, 6) is 2.35. The predicted molar refractivity (Wildman–Crippen MR) is 102 cm³/mol. The van der Waals surface area contributed by atoms with Crippen LogP contribution in [0.2, 0.25) is 5.02 Å². The van der Waals surface area contributed by atoms with Crippen LogP contribution >= 0.6 is 11.6 Å². The summed E-state index contributed by atoms with van der Waals surface area (Å²) < 4.78 is 5.16. The third kappa shape index (κ3) is 5.09. The van der Waals surface area contributed by atoms with E-state index in [-0.39, 0.29) is 0 Å². The predicted octanol–water partition coefficient (Wildman–Crippen LogP) is 4.54. The Kier molecular flexibility index (Phi) is 5.69. The molecule has 0 aliphatic rings. The Morgan fingerprint density at radius 2 is 1.80 bits per heavy atom. The second kappa shape index (κ2) is 8.35. The molecule has 3 aromatic rings. The molecule has 0 amide bonds. The van der Waals surface area contributed by atoms with Crippen LogP contribution in [0.25, 0.3) is 0 Å². The molecule has 3 rings (SSSR count). The van der Waals surface area contributed by atoms with E-state index >= 15 is 0 Å². The van der Waals surface area contributed by atoms with Crippen molar-refractivity contribution in [2.24, 2.45) is 0 Å². The van der Waals surface area contributed by atoms with Gasteiger partial charge >= 0.3 is 0 Å². The molecule has 1 heterocycles. The lowest BCUT2D eigenvalue weighted by atomic mass is 10.1. The highest BCUT2D eigenvalue weighted by molar-refractivity contribution is 6.30. The molecule has 0 atom stereocenters. The van der Waals surface area contributed by atoms with Gasteiger partial charge in [-0.05, 0) is 42.3 Å². The number of methoxy groups -OCH3 is 1. The van der Waals surface area contributed by atoms with Gasteiger partial charge in [-0.3, -0.25) is 0 Å². The quantitative estimate of drug-likeness (QED) is 0.652. The number of benzene rings is 2. The van der Waals surface area contributed by atoms with Crippen molar-refractivity contribution in [2.45, 2.75) is 6.42 Å². The number of nitrogens with zero attached hydrogens (tertiary/aromatic N) is 2. The van der Waals surface area contributed by atoms with E-state index < -0.39 is 0 Å². The Balaban J connectivity index is 1.56. The van der Waals surface area contributed by atoms with E-state index in [0.29, 0.717) is 10.8 Å². The lowest BCUT2D eigenvalue weighted by molar-refractivity contribution is 0.414. The Morgan fingerprint density at radius 1 is 1.00 bits per heavy atom. The van der Waals surface area contributed by atoms with Crippen LogP contribution in [-0.2, 0) is 6.42 Å². The van der Waals surface area contributed by atoms with E-state index in [0.717, 1.165) is 30.2 Å². The fourth-order valence-corrected chi connectivity index (χ4v) is 2.55. The highest BCUT2D eigenvalue weighted by atomic mass is 35.5. The van der Waals surface area contributed by atoms with Gasteiger partial charge in [0.15, 0.2) is 0 Å². The van der Waals surface area contributed by atoms with Crippen LogP contribution in [0.15, 0.2) is 60.9 Å². The van der Waals surface area contributed by atoms with Crippen LogP contribution in [0.5, 0.6) is 5.75 Å². The molecule has 25 heavy (non-hydrogen) atoms. The number of halogens is 1. The van der Waals surface area contributed by atoms with Crippen molar-refractivity contribution in [1.29, 1.82) is 0 Å². The van der Waals surface area contributed by atoms with Crippen LogP contribution in [-0.4, -0.2) is 23.6 Å². The standard InChI is InChI=1S/C19H19ClN4O/c1-25-17-7-5-14(6-8-17)9-10-21-18-12-19(23-13-22-18)24-16-4-2-3-15(20)11-16/h2-8,11-13H,9-10H2,1H3,(H2,21,22,23,24). The summed E-state index contributed by atoms with van der Waals surface area (Å²) in [5, 5.41) is 7.21. The van der Waals surface area contributed by atoms with Crippen LogP contribution < -0.4 is 15.4 Å². The summed E-state index contributed by atoms with van der Waals surface area (Å²) in [4.78, 5) is 8.48. The number of hydrogen-bond donors (Lipinski definition) is 2. The van der Waals surface area contributed by atoms with Gasteiger partial charge in [-0.25, -0.2) is 9.97 Å². The second-order valence-electron chi connectivity index (χ2n) is 5.45. The number of anilines is 3. The third-order valence-corrected chi connectivity index (χ3v) is 3.88. The molecule has 5 nitrogen and oxygen atoms in total. The van der Waals surface area contributed by atoms with E-state index in [1.165, 1.54) is 11.9 Å². The first kappa shape index (κ1) is 17.0. The minimum Gasteiger partial charge on any atom is -0.497 e. The molecule has 0 spiro atoms. The molecule has 0 aliphatic carbocycles. The molecule has 2 N–H and O–H groups in total. The fraction of sp³-hybridized carbons (Fsp3) is 0.158. The molecule has 0 unspecified atom stereocenters. The first-order chi connectivity index (χ1) is 12.2. The topological polar surface area (TPSA) is 59.1 Å². The number of rotatable bonds is 7. The fourth-order valence-electron chi connectivity index (χ4n) is 2.36. The maximum Gasteiger partial charge on any atom is 0.135 e. The molecule has 6 heteroatoms. The second-order valence-corrected chi connectivity index (χ2v) is 5.89. The average molecular weight is 355 g/mol. The van der Waals surface area contributed by atoms with Gasteiger partial charge in [-0.2, -0.15) is 0 Å². The van der Waals surface area contributed by atoms with Crippen LogP contribution in [0, 0.1) is 0 Å². The SMILES string of the molecule is COc1ccc(CCNc2cc(Nc3cccc(Cl)c3)ncn2)cc1. The molecule has 0 saturated carbocycles. The summed E-state index contributed by atoms with van der Waals surface area (Å²) in [6.45, 7) is 0.778. The normalized spacial score (nSPS) is 10.3. The van der Waals surface area contributed by atoms with Crippen LogP contribution in [0.1, 0.15) is 5.56 Å². The minimum absolute atomic E-state index is 0.678. The molecular formula is C19H19ClN4O. The van der Waals surface area contributed by atoms with E-state index in [4.69, 9.17) is 16.3 Å². The minimum atomic E-state index is 0.678. The average Bonchev–Trinajstić information content (AvgIpc) is 2.63. The Hall–Kier alpha value is -2.79. The van der Waals surface area contributed by atoms with Crippen molar-refractivity contribution in [1.82, 2.24) is 9.97 Å². The van der Waals surface area contributed by atoms with Crippen molar-refractivity contribution < 1.29 is 4.74 Å². The van der Waals surface area contributed by atoms with E-state index in [1.54, 1.807) is 7.11 Å². The summed E-state index contributed by atoms with van der Waals surface area (Å²) in [7, 11) is 1.67. The van der Waals surface area contributed by atoms with Crippen LogP contribution in [0.3, 0.4) is 0 Å². The van der Waals surface area contributed by atoms with Gasteiger partial charge in [0.2, 0.25) is 0 Å². The lowest BCUT2D eigenvalue weighted by Gasteiger charge is -2.09. The number of ether oxygens (including phenoxy) is 1. The molecule has 128 valence electrons. The van der Waals surface area contributed by atoms with Gasteiger partial charge in [0.1, 0.15) is 23.7 Å². The van der Waals surface area contributed by atoms with E-state index in [2.05, 4.69) is 32.7 Å². The van der Waals surface area contributed by atoms with Crippen molar-refractivity contribution in [3.05, 3.63) is 71.5 Å². The lowest BCUT2D eigenvalue weighted by Crippen LogP contribution is -2.07. The van der Waals surface area contributed by atoms with Crippen molar-refractivity contribution >= 4 is 28.9 Å². The first-order valence-corrected chi connectivity index (χ1v) is 8.32. The number of aromatic nitrogens is 2. The molecule has 0 fully saturated rings. The Bertz CT molecular complexity index is 824. The van der Waals surface area contributed by atoms with E-state index in [9.17, 15) is 0 Å². The molecular weight excluding hydrogens is 336 g/mol. The van der Waals surface area contributed by atoms with Crippen molar-refractivity contribution in [3.8, 4) is 5.75 Å². The van der Waals surface area contributed by atoms with E-state index in [1.807, 2.05) is 42.5 Å². The van der Waals surface area contributed by atoms with Gasteiger partial charge in [0.05, 0.1) is 7.11 Å². The summed E-state index contributed by atoms with van der Waals surface area (Å²) in [6.07, 6.45) is 2.42. The summed E-state index contributed by atoms with van der Waals surface area (Å²) >= 11 is 6.00. The maximum absolute atomic E-state index is 6.00. The molecule has 0 bridgehead atoms. The number of nitrogens with one attached hydrogen (secondary N) is 2. The van der Waals surface area contributed by atoms with Gasteiger partial charge in [0.25, 0.3) is 0 Å². The summed E-state index contributed by atoms with van der Waals surface area (Å²) in [5.41, 5.74) is 2.12. The zero-order chi connectivity index (χ0) is 17.5. The molecule has 0 aliphatic heterocycles. The molecule has 1 aromatic heterocycles.